The fourth-order valence-corrected chi connectivity index (χ4v) is 1.62. The van der Waals surface area contributed by atoms with Crippen molar-refractivity contribution >= 4 is 0 Å². The molecule has 0 aliphatic heterocycles. The summed E-state index contributed by atoms with van der Waals surface area (Å²) in [6.45, 7) is 5.83. The number of hydrogen-bond acceptors (Lipinski definition) is 2. The number of hydrogen-bond donors (Lipinski definition) is 1. The average molecular weight is 222 g/mol. The molecule has 0 aromatic rings. The highest BCUT2D eigenvalue weighted by Gasteiger charge is 2.16. The van der Waals surface area contributed by atoms with Gasteiger partial charge < -0.3 is 5.32 Å². The van der Waals surface area contributed by atoms with Crippen molar-refractivity contribution in [2.24, 2.45) is 0 Å². The Hall–Kier alpha value is -0.220. The topological polar surface area (TPSA) is 15.3 Å². The largest absolute Gasteiger partial charge is 0.315 e. The minimum Gasteiger partial charge on any atom is -0.315 e. The molecule has 2 nitrogen and oxygen atoms in total. The summed E-state index contributed by atoms with van der Waals surface area (Å²) >= 11 is 0. The molecule has 0 aliphatic rings. The van der Waals surface area contributed by atoms with Crippen molar-refractivity contribution in [2.45, 2.75) is 45.6 Å². The van der Waals surface area contributed by atoms with Gasteiger partial charge >= 0.3 is 0 Å². The summed E-state index contributed by atoms with van der Waals surface area (Å²) < 4.78 is 24.4. The van der Waals surface area contributed by atoms with E-state index in [9.17, 15) is 8.78 Å². The van der Waals surface area contributed by atoms with Crippen LogP contribution < -0.4 is 5.32 Å². The van der Waals surface area contributed by atoms with Crippen LogP contribution >= 0.6 is 0 Å². The smallest absolute Gasteiger partial charge is 0.251 e. The lowest BCUT2D eigenvalue weighted by Crippen LogP contribution is -2.42. The molecule has 15 heavy (non-hydrogen) atoms. The van der Waals surface area contributed by atoms with Crippen LogP contribution in [0.5, 0.6) is 0 Å². The van der Waals surface area contributed by atoms with E-state index in [1.807, 2.05) is 0 Å². The third kappa shape index (κ3) is 7.68. The van der Waals surface area contributed by atoms with Crippen molar-refractivity contribution in [1.29, 1.82) is 0 Å². The monoisotopic (exact) mass is 222 g/mol. The highest BCUT2D eigenvalue weighted by molar-refractivity contribution is 4.71. The van der Waals surface area contributed by atoms with Crippen LogP contribution in [0, 0.1) is 0 Å². The van der Waals surface area contributed by atoms with Crippen molar-refractivity contribution in [1.82, 2.24) is 10.2 Å². The highest BCUT2D eigenvalue weighted by atomic mass is 19.3. The zero-order valence-corrected chi connectivity index (χ0v) is 10.1. The molecule has 4 heteroatoms. The molecule has 0 radical (unpaired) electrons. The molecule has 0 aromatic carbocycles. The molecule has 0 heterocycles. The van der Waals surface area contributed by atoms with Gasteiger partial charge in [-0.1, -0.05) is 20.3 Å². The van der Waals surface area contributed by atoms with Crippen LogP contribution in [0.2, 0.25) is 0 Å². The Bertz CT molecular complexity index is 143. The van der Waals surface area contributed by atoms with Gasteiger partial charge in [-0.05, 0) is 26.4 Å². The van der Waals surface area contributed by atoms with E-state index < -0.39 is 6.43 Å². The average Bonchev–Trinajstić information content (AvgIpc) is 2.15. The number of alkyl halides is 2. The van der Waals surface area contributed by atoms with E-state index in [-0.39, 0.29) is 12.6 Å². The molecule has 1 atom stereocenters. The van der Waals surface area contributed by atoms with Gasteiger partial charge in [0.25, 0.3) is 6.43 Å². The van der Waals surface area contributed by atoms with Crippen LogP contribution in [0.3, 0.4) is 0 Å². The summed E-state index contributed by atoms with van der Waals surface area (Å²) in [5.41, 5.74) is 0. The molecule has 0 saturated carbocycles. The van der Waals surface area contributed by atoms with Gasteiger partial charge in [0.15, 0.2) is 0 Å². The Balaban J connectivity index is 3.88. The molecule has 1 N–H and O–H groups in total. The molecule has 0 amide bonds. The van der Waals surface area contributed by atoms with Crippen LogP contribution in [-0.4, -0.2) is 44.0 Å². The molecule has 0 saturated heterocycles. The fourth-order valence-electron chi connectivity index (χ4n) is 1.62. The Morgan fingerprint density at radius 3 is 2.33 bits per heavy atom. The molecule has 0 rings (SSSR count). The van der Waals surface area contributed by atoms with Crippen molar-refractivity contribution in [3.8, 4) is 0 Å². The van der Waals surface area contributed by atoms with Gasteiger partial charge in [-0.15, -0.1) is 0 Å². The Morgan fingerprint density at radius 2 is 1.87 bits per heavy atom. The highest BCUT2D eigenvalue weighted by Crippen LogP contribution is 2.06. The predicted molar refractivity (Wildman–Crippen MR) is 60.5 cm³/mol. The first-order valence-corrected chi connectivity index (χ1v) is 5.80. The van der Waals surface area contributed by atoms with E-state index in [1.165, 1.54) is 0 Å². The molecular weight excluding hydrogens is 198 g/mol. The second-order valence-electron chi connectivity index (χ2n) is 3.98. The van der Waals surface area contributed by atoms with Crippen molar-refractivity contribution in [3.63, 3.8) is 0 Å². The number of nitrogens with zero attached hydrogens (tertiary/aromatic N) is 1. The molecule has 0 aromatic heterocycles. The van der Waals surface area contributed by atoms with Crippen LogP contribution in [-0.2, 0) is 0 Å². The van der Waals surface area contributed by atoms with Crippen molar-refractivity contribution < 1.29 is 8.78 Å². The van der Waals surface area contributed by atoms with Gasteiger partial charge in [-0.25, -0.2) is 8.78 Å². The van der Waals surface area contributed by atoms with E-state index in [0.29, 0.717) is 0 Å². The van der Waals surface area contributed by atoms with Crippen molar-refractivity contribution in [3.05, 3.63) is 0 Å². The second kappa shape index (κ2) is 9.04. The summed E-state index contributed by atoms with van der Waals surface area (Å²) in [5.74, 6) is 0. The molecule has 0 aliphatic carbocycles. The van der Waals surface area contributed by atoms with Crippen LogP contribution in [0.15, 0.2) is 0 Å². The number of likely N-dealkylation sites (N-methyl/N-ethyl adjacent to an activating group) is 1. The minimum absolute atomic E-state index is 0.127. The second-order valence-corrected chi connectivity index (χ2v) is 3.98. The standard InChI is InChI=1S/C11H24F2N2/c1-4-6-10(8-14-7-5-2)15(3)9-11(12)13/h10-11,14H,4-9H2,1-3H3. The zero-order chi connectivity index (χ0) is 11.7. The lowest BCUT2D eigenvalue weighted by molar-refractivity contribution is 0.0780. The summed E-state index contributed by atoms with van der Waals surface area (Å²) in [5, 5.41) is 3.29. The SMILES string of the molecule is CCCNCC(CCC)N(C)CC(F)F. The molecule has 92 valence electrons. The van der Waals surface area contributed by atoms with Crippen LogP contribution in [0.1, 0.15) is 33.1 Å². The first-order valence-electron chi connectivity index (χ1n) is 5.80. The van der Waals surface area contributed by atoms with E-state index >= 15 is 0 Å². The Kier molecular flexibility index (Phi) is 8.91. The van der Waals surface area contributed by atoms with Crippen LogP contribution in [0.4, 0.5) is 8.78 Å². The lowest BCUT2D eigenvalue weighted by atomic mass is 10.1. The van der Waals surface area contributed by atoms with Gasteiger partial charge in [0, 0.05) is 12.6 Å². The van der Waals surface area contributed by atoms with Gasteiger partial charge in [0.1, 0.15) is 0 Å². The van der Waals surface area contributed by atoms with E-state index in [1.54, 1.807) is 11.9 Å². The number of halogens is 2. The normalized spacial score (nSPS) is 13.8. The van der Waals surface area contributed by atoms with Gasteiger partial charge in [0.2, 0.25) is 0 Å². The maximum absolute atomic E-state index is 12.2. The van der Waals surface area contributed by atoms with Crippen LogP contribution in [0.25, 0.3) is 0 Å². The fraction of sp³-hybridized carbons (Fsp3) is 1.00. The summed E-state index contributed by atoms with van der Waals surface area (Å²) in [7, 11) is 1.78. The zero-order valence-electron chi connectivity index (χ0n) is 10.1. The van der Waals surface area contributed by atoms with Gasteiger partial charge in [-0.2, -0.15) is 0 Å². The predicted octanol–water partition coefficient (Wildman–Crippen LogP) is 2.35. The summed E-state index contributed by atoms with van der Waals surface area (Å²) in [6.07, 6.45) is 0.851. The van der Waals surface area contributed by atoms with E-state index in [0.717, 1.165) is 32.4 Å². The molecule has 0 fully saturated rings. The summed E-state index contributed by atoms with van der Waals surface area (Å²) in [4.78, 5) is 1.76. The number of rotatable bonds is 9. The maximum atomic E-state index is 12.2. The number of nitrogens with one attached hydrogen (secondary N) is 1. The Labute approximate surface area is 92.0 Å². The quantitative estimate of drug-likeness (QED) is 0.602. The third-order valence-corrected chi connectivity index (χ3v) is 2.48. The Morgan fingerprint density at radius 1 is 1.20 bits per heavy atom. The molecule has 0 spiro atoms. The maximum Gasteiger partial charge on any atom is 0.251 e. The van der Waals surface area contributed by atoms with E-state index in [4.69, 9.17) is 0 Å². The van der Waals surface area contributed by atoms with E-state index in [2.05, 4.69) is 19.2 Å². The van der Waals surface area contributed by atoms with Crippen molar-refractivity contribution in [2.75, 3.05) is 26.7 Å². The summed E-state index contributed by atoms with van der Waals surface area (Å²) in [6, 6.07) is 0.232. The lowest BCUT2D eigenvalue weighted by Gasteiger charge is -2.27. The third-order valence-electron chi connectivity index (χ3n) is 2.48. The molecular formula is C11H24F2N2. The first-order chi connectivity index (χ1) is 7.11. The molecule has 1 unspecified atom stereocenters. The first kappa shape index (κ1) is 14.8. The molecule has 0 bridgehead atoms. The minimum atomic E-state index is -2.24. The van der Waals surface area contributed by atoms with Gasteiger partial charge in [0.05, 0.1) is 6.54 Å². The van der Waals surface area contributed by atoms with Gasteiger partial charge in [-0.3, -0.25) is 4.90 Å².